The van der Waals surface area contributed by atoms with Gasteiger partial charge >= 0.3 is 0 Å². The summed E-state index contributed by atoms with van der Waals surface area (Å²) in [6.45, 7) is 12.4. The quantitative estimate of drug-likeness (QED) is 0.679. The number of rotatable bonds is 2. The van der Waals surface area contributed by atoms with Crippen molar-refractivity contribution >= 4 is 0 Å². The molecule has 0 aromatic carbocycles. The van der Waals surface area contributed by atoms with Crippen LogP contribution < -0.4 is 5.32 Å². The van der Waals surface area contributed by atoms with Crippen molar-refractivity contribution in [3.63, 3.8) is 0 Å². The molecular weight excluding hydrogens is 162 g/mol. The van der Waals surface area contributed by atoms with E-state index in [-0.39, 0.29) is 5.54 Å². The third-order valence-electron chi connectivity index (χ3n) is 2.43. The summed E-state index contributed by atoms with van der Waals surface area (Å²) in [5, 5.41) is 3.51. The zero-order chi connectivity index (χ0) is 9.90. The first-order valence-corrected chi connectivity index (χ1v) is 5.13. The van der Waals surface area contributed by atoms with Crippen molar-refractivity contribution < 1.29 is 0 Å². The Hall–Kier alpha value is -0.120. The first kappa shape index (κ1) is 11.0. The van der Waals surface area contributed by atoms with Gasteiger partial charge in [0.05, 0.1) is 0 Å². The van der Waals surface area contributed by atoms with Crippen LogP contribution in [0.15, 0.2) is 0 Å². The SMILES string of the molecule is CN1CCN(CNC(C)(C)C)CC1. The van der Waals surface area contributed by atoms with Crippen LogP contribution >= 0.6 is 0 Å². The van der Waals surface area contributed by atoms with E-state index in [1.54, 1.807) is 0 Å². The monoisotopic (exact) mass is 185 g/mol. The average Bonchev–Trinajstić information content (AvgIpc) is 2.02. The lowest BCUT2D eigenvalue weighted by molar-refractivity contribution is 0.134. The van der Waals surface area contributed by atoms with Gasteiger partial charge in [-0.05, 0) is 27.8 Å². The Labute approximate surface area is 82.1 Å². The topological polar surface area (TPSA) is 18.5 Å². The molecule has 1 saturated heterocycles. The molecule has 13 heavy (non-hydrogen) atoms. The molecule has 0 bridgehead atoms. The van der Waals surface area contributed by atoms with Crippen molar-refractivity contribution in [2.75, 3.05) is 39.9 Å². The minimum atomic E-state index is 0.239. The van der Waals surface area contributed by atoms with E-state index in [4.69, 9.17) is 0 Å². The second-order valence-electron chi connectivity index (χ2n) is 5.01. The van der Waals surface area contributed by atoms with Gasteiger partial charge in [-0.2, -0.15) is 0 Å². The molecule has 1 fully saturated rings. The maximum Gasteiger partial charge on any atom is 0.0485 e. The molecule has 0 spiro atoms. The Kier molecular flexibility index (Phi) is 3.71. The first-order valence-electron chi connectivity index (χ1n) is 5.13. The van der Waals surface area contributed by atoms with E-state index in [2.05, 4.69) is 42.9 Å². The van der Waals surface area contributed by atoms with E-state index in [0.717, 1.165) is 6.67 Å². The molecule has 0 amide bonds. The zero-order valence-corrected chi connectivity index (χ0v) is 9.43. The van der Waals surface area contributed by atoms with Crippen LogP contribution in [0.4, 0.5) is 0 Å². The minimum absolute atomic E-state index is 0.239. The van der Waals surface area contributed by atoms with Crippen molar-refractivity contribution in [2.24, 2.45) is 0 Å². The molecular formula is C10H23N3. The Morgan fingerprint density at radius 2 is 1.62 bits per heavy atom. The molecule has 1 aliphatic heterocycles. The van der Waals surface area contributed by atoms with Crippen molar-refractivity contribution in [3.05, 3.63) is 0 Å². The number of nitrogens with zero attached hydrogens (tertiary/aromatic N) is 2. The van der Waals surface area contributed by atoms with Gasteiger partial charge in [-0.15, -0.1) is 0 Å². The molecule has 0 unspecified atom stereocenters. The second kappa shape index (κ2) is 4.40. The summed E-state index contributed by atoms with van der Waals surface area (Å²) < 4.78 is 0. The highest BCUT2D eigenvalue weighted by Gasteiger charge is 2.15. The van der Waals surface area contributed by atoms with Gasteiger partial charge in [0.15, 0.2) is 0 Å². The van der Waals surface area contributed by atoms with Gasteiger partial charge in [-0.1, -0.05) is 0 Å². The maximum atomic E-state index is 3.51. The van der Waals surface area contributed by atoms with Gasteiger partial charge in [0.25, 0.3) is 0 Å². The highest BCUT2D eigenvalue weighted by atomic mass is 15.3. The lowest BCUT2D eigenvalue weighted by Gasteiger charge is -2.34. The Bertz CT molecular complexity index is 143. The summed E-state index contributed by atoms with van der Waals surface area (Å²) in [5.41, 5.74) is 0.239. The molecule has 0 radical (unpaired) electrons. The number of piperazine rings is 1. The summed E-state index contributed by atoms with van der Waals surface area (Å²) in [5.74, 6) is 0. The molecule has 1 heterocycles. The van der Waals surface area contributed by atoms with Gasteiger partial charge in [0, 0.05) is 38.4 Å². The molecule has 0 saturated carbocycles. The van der Waals surface area contributed by atoms with E-state index in [1.807, 2.05) is 0 Å². The number of hydrogen-bond donors (Lipinski definition) is 1. The van der Waals surface area contributed by atoms with Crippen LogP contribution in [-0.2, 0) is 0 Å². The first-order chi connectivity index (χ1) is 5.97. The molecule has 1 rings (SSSR count). The van der Waals surface area contributed by atoms with E-state index in [9.17, 15) is 0 Å². The second-order valence-corrected chi connectivity index (χ2v) is 5.01. The molecule has 1 N–H and O–H groups in total. The predicted molar refractivity (Wildman–Crippen MR) is 56.8 cm³/mol. The van der Waals surface area contributed by atoms with Crippen molar-refractivity contribution in [1.29, 1.82) is 0 Å². The summed E-state index contributed by atoms with van der Waals surface area (Å²) >= 11 is 0. The molecule has 3 nitrogen and oxygen atoms in total. The smallest absolute Gasteiger partial charge is 0.0485 e. The molecule has 0 atom stereocenters. The summed E-state index contributed by atoms with van der Waals surface area (Å²) in [7, 11) is 2.19. The molecule has 1 aliphatic rings. The van der Waals surface area contributed by atoms with Crippen LogP contribution in [0.5, 0.6) is 0 Å². The van der Waals surface area contributed by atoms with E-state index in [1.165, 1.54) is 26.2 Å². The minimum Gasteiger partial charge on any atom is -0.304 e. The molecule has 3 heteroatoms. The van der Waals surface area contributed by atoms with E-state index >= 15 is 0 Å². The van der Waals surface area contributed by atoms with Crippen molar-refractivity contribution in [1.82, 2.24) is 15.1 Å². The fourth-order valence-electron chi connectivity index (χ4n) is 1.35. The van der Waals surface area contributed by atoms with Gasteiger partial charge in [-0.25, -0.2) is 0 Å². The standard InChI is InChI=1S/C10H23N3/c1-10(2,3)11-9-13-7-5-12(4)6-8-13/h11H,5-9H2,1-4H3. The highest BCUT2D eigenvalue weighted by molar-refractivity contribution is 4.73. The van der Waals surface area contributed by atoms with Gasteiger partial charge < -0.3 is 4.90 Å². The van der Waals surface area contributed by atoms with Crippen LogP contribution in [0.2, 0.25) is 0 Å². The van der Waals surface area contributed by atoms with Crippen LogP contribution in [0.25, 0.3) is 0 Å². The fraction of sp³-hybridized carbons (Fsp3) is 1.00. The van der Waals surface area contributed by atoms with Crippen molar-refractivity contribution in [2.45, 2.75) is 26.3 Å². The predicted octanol–water partition coefficient (Wildman–Crippen LogP) is 0.579. The molecule has 0 aromatic heterocycles. The molecule has 0 aromatic rings. The lowest BCUT2D eigenvalue weighted by Crippen LogP contribution is -2.51. The van der Waals surface area contributed by atoms with Crippen molar-refractivity contribution in [3.8, 4) is 0 Å². The summed E-state index contributed by atoms with van der Waals surface area (Å²) in [4.78, 5) is 4.86. The van der Waals surface area contributed by atoms with Crippen LogP contribution in [0, 0.1) is 0 Å². The van der Waals surface area contributed by atoms with E-state index < -0.39 is 0 Å². The maximum absolute atomic E-state index is 3.51. The Morgan fingerprint density at radius 3 is 2.08 bits per heavy atom. The van der Waals surface area contributed by atoms with Gasteiger partial charge in [-0.3, -0.25) is 10.2 Å². The highest BCUT2D eigenvalue weighted by Crippen LogP contribution is 2.01. The molecule has 0 aliphatic carbocycles. The lowest BCUT2D eigenvalue weighted by atomic mass is 10.1. The third kappa shape index (κ3) is 4.60. The van der Waals surface area contributed by atoms with Crippen LogP contribution in [0.3, 0.4) is 0 Å². The zero-order valence-electron chi connectivity index (χ0n) is 9.43. The fourth-order valence-corrected chi connectivity index (χ4v) is 1.35. The van der Waals surface area contributed by atoms with E-state index in [0.29, 0.717) is 0 Å². The Balaban J connectivity index is 2.16. The normalized spacial score (nSPS) is 22.2. The average molecular weight is 185 g/mol. The number of nitrogens with one attached hydrogen (secondary N) is 1. The number of likely N-dealkylation sites (N-methyl/N-ethyl adjacent to an activating group) is 1. The van der Waals surface area contributed by atoms with Gasteiger partial charge in [0.2, 0.25) is 0 Å². The third-order valence-corrected chi connectivity index (χ3v) is 2.43. The molecule has 78 valence electrons. The summed E-state index contributed by atoms with van der Waals surface area (Å²) in [6, 6.07) is 0. The van der Waals surface area contributed by atoms with Gasteiger partial charge in [0.1, 0.15) is 0 Å². The number of hydrogen-bond acceptors (Lipinski definition) is 3. The Morgan fingerprint density at radius 1 is 1.08 bits per heavy atom. The summed E-state index contributed by atoms with van der Waals surface area (Å²) in [6.07, 6.45) is 0. The van der Waals surface area contributed by atoms with Crippen LogP contribution in [-0.4, -0.2) is 55.2 Å². The van der Waals surface area contributed by atoms with Crippen LogP contribution in [0.1, 0.15) is 20.8 Å². The largest absolute Gasteiger partial charge is 0.304 e.